The minimum Gasteiger partial charge on any atom is -0.482 e. The first-order valence-corrected chi connectivity index (χ1v) is 7.85. The minimum atomic E-state index is -1.04. The van der Waals surface area contributed by atoms with E-state index in [4.69, 9.17) is 18.8 Å². The van der Waals surface area contributed by atoms with Gasteiger partial charge in [-0.25, -0.2) is 9.78 Å². The van der Waals surface area contributed by atoms with Gasteiger partial charge in [-0.2, -0.15) is 5.26 Å². The molecule has 0 amide bonds. The van der Waals surface area contributed by atoms with Crippen LogP contribution in [0.1, 0.15) is 21.8 Å². The number of hydrogen-bond donors (Lipinski definition) is 1. The van der Waals surface area contributed by atoms with Crippen LogP contribution in [-0.4, -0.2) is 21.2 Å². The van der Waals surface area contributed by atoms with Crippen molar-refractivity contribution >= 4 is 17.1 Å². The van der Waals surface area contributed by atoms with Crippen LogP contribution >= 0.6 is 0 Å². The Morgan fingerprint density at radius 3 is 2.85 bits per heavy atom. The number of rotatable bonds is 5. The van der Waals surface area contributed by atoms with E-state index in [0.717, 1.165) is 0 Å². The predicted octanol–water partition coefficient (Wildman–Crippen LogP) is 3.63. The van der Waals surface area contributed by atoms with Gasteiger partial charge in [-0.05, 0) is 36.4 Å². The van der Waals surface area contributed by atoms with E-state index in [9.17, 15) is 10.1 Å². The Morgan fingerprint density at radius 2 is 2.11 bits per heavy atom. The highest BCUT2D eigenvalue weighted by molar-refractivity contribution is 5.91. The fourth-order valence-corrected chi connectivity index (χ4v) is 2.57. The topological polar surface area (TPSA) is 122 Å². The molecule has 2 heterocycles. The molecule has 4 aromatic rings. The third-order valence-corrected chi connectivity index (χ3v) is 3.85. The lowest BCUT2D eigenvalue weighted by Crippen LogP contribution is -1.97. The van der Waals surface area contributed by atoms with Crippen molar-refractivity contribution in [2.24, 2.45) is 0 Å². The first-order chi connectivity index (χ1) is 13.1. The number of carboxylic acid groups (broad SMARTS) is 1. The summed E-state index contributed by atoms with van der Waals surface area (Å²) >= 11 is 0. The van der Waals surface area contributed by atoms with E-state index < -0.39 is 5.97 Å². The number of fused-ring (bicyclic) bond motifs is 1. The minimum absolute atomic E-state index is 0.00653. The lowest BCUT2D eigenvalue weighted by Gasteiger charge is -2.06. The summed E-state index contributed by atoms with van der Waals surface area (Å²) in [5.74, 6) is 0.146. The molecular weight excluding hydrogens is 350 g/mol. The Bertz CT molecular complexity index is 1170. The largest absolute Gasteiger partial charge is 0.482 e. The lowest BCUT2D eigenvalue weighted by molar-refractivity contribution is 0.0697. The first kappa shape index (κ1) is 16.4. The second-order valence-corrected chi connectivity index (χ2v) is 5.58. The van der Waals surface area contributed by atoms with E-state index in [1.807, 2.05) is 0 Å². The van der Waals surface area contributed by atoms with Gasteiger partial charge >= 0.3 is 5.97 Å². The van der Waals surface area contributed by atoms with Crippen molar-refractivity contribution in [3.8, 4) is 23.1 Å². The lowest BCUT2D eigenvalue weighted by atomic mass is 10.1. The van der Waals surface area contributed by atoms with Crippen LogP contribution in [0.4, 0.5) is 0 Å². The highest BCUT2D eigenvalue weighted by atomic mass is 16.5. The van der Waals surface area contributed by atoms with Gasteiger partial charge in [-0.3, -0.25) is 0 Å². The van der Waals surface area contributed by atoms with Gasteiger partial charge in [-0.1, -0.05) is 5.16 Å². The number of nitrogens with zero attached hydrogens (tertiary/aromatic N) is 3. The summed E-state index contributed by atoms with van der Waals surface area (Å²) in [7, 11) is 0. The molecule has 27 heavy (non-hydrogen) atoms. The molecule has 0 radical (unpaired) electrons. The Labute approximate surface area is 152 Å². The number of nitriles is 1. The Hall–Kier alpha value is -4.12. The quantitative estimate of drug-likeness (QED) is 0.572. The van der Waals surface area contributed by atoms with Crippen molar-refractivity contribution in [2.45, 2.75) is 6.61 Å². The van der Waals surface area contributed by atoms with Crippen LogP contribution < -0.4 is 4.74 Å². The summed E-state index contributed by atoms with van der Waals surface area (Å²) in [6.07, 6.45) is 1.52. The predicted molar refractivity (Wildman–Crippen MR) is 92.0 cm³/mol. The number of aromatic nitrogens is 2. The maximum atomic E-state index is 11.0. The summed E-state index contributed by atoms with van der Waals surface area (Å²) in [5, 5.41) is 22.0. The third kappa shape index (κ3) is 3.21. The van der Waals surface area contributed by atoms with Crippen molar-refractivity contribution in [3.63, 3.8) is 0 Å². The van der Waals surface area contributed by atoms with Gasteiger partial charge in [0.1, 0.15) is 17.3 Å². The molecule has 132 valence electrons. The summed E-state index contributed by atoms with van der Waals surface area (Å²) < 4.78 is 16.3. The van der Waals surface area contributed by atoms with Crippen molar-refractivity contribution in [3.05, 3.63) is 65.7 Å². The van der Waals surface area contributed by atoms with E-state index in [1.165, 1.54) is 18.3 Å². The number of hydrogen-bond acceptors (Lipinski definition) is 7. The maximum Gasteiger partial charge on any atom is 0.335 e. The SMILES string of the molecule is N#Cc1cc(-c2ccno2)ccc1OCc1nc2ccc(C(=O)O)cc2o1. The zero-order chi connectivity index (χ0) is 18.8. The van der Waals surface area contributed by atoms with Crippen LogP contribution in [0, 0.1) is 11.3 Å². The van der Waals surface area contributed by atoms with E-state index in [0.29, 0.717) is 33.7 Å². The monoisotopic (exact) mass is 361 g/mol. The molecule has 2 aromatic heterocycles. The average molecular weight is 361 g/mol. The van der Waals surface area contributed by atoms with Gasteiger partial charge in [-0.15, -0.1) is 0 Å². The molecule has 0 saturated carbocycles. The van der Waals surface area contributed by atoms with E-state index >= 15 is 0 Å². The van der Waals surface area contributed by atoms with Crippen LogP contribution in [0.25, 0.3) is 22.4 Å². The smallest absolute Gasteiger partial charge is 0.335 e. The highest BCUT2D eigenvalue weighted by Crippen LogP contribution is 2.27. The number of carboxylic acids is 1. The molecule has 0 saturated heterocycles. The summed E-state index contributed by atoms with van der Waals surface area (Å²) in [6.45, 7) is -0.00653. The fourth-order valence-electron chi connectivity index (χ4n) is 2.57. The van der Waals surface area contributed by atoms with Gasteiger partial charge in [0, 0.05) is 11.6 Å². The van der Waals surface area contributed by atoms with Gasteiger partial charge in [0.05, 0.1) is 17.3 Å². The molecule has 8 nitrogen and oxygen atoms in total. The molecule has 2 aromatic carbocycles. The van der Waals surface area contributed by atoms with E-state index in [1.54, 1.807) is 30.3 Å². The van der Waals surface area contributed by atoms with Crippen LogP contribution in [-0.2, 0) is 6.61 Å². The van der Waals surface area contributed by atoms with Crippen molar-refractivity contribution in [1.82, 2.24) is 10.1 Å². The van der Waals surface area contributed by atoms with Crippen LogP contribution in [0.5, 0.6) is 5.75 Å². The van der Waals surface area contributed by atoms with Crippen LogP contribution in [0.15, 0.2) is 57.6 Å². The highest BCUT2D eigenvalue weighted by Gasteiger charge is 2.12. The van der Waals surface area contributed by atoms with Crippen LogP contribution in [0.2, 0.25) is 0 Å². The summed E-state index contributed by atoms with van der Waals surface area (Å²) in [4.78, 5) is 15.3. The molecule has 0 aliphatic carbocycles. The molecule has 8 heteroatoms. The second kappa shape index (κ2) is 6.65. The van der Waals surface area contributed by atoms with Gasteiger partial charge in [0.25, 0.3) is 0 Å². The molecule has 0 atom stereocenters. The first-order valence-electron chi connectivity index (χ1n) is 7.85. The zero-order valence-corrected chi connectivity index (χ0v) is 13.7. The Balaban J connectivity index is 1.55. The molecule has 0 aliphatic heterocycles. The molecule has 0 unspecified atom stereocenters. The van der Waals surface area contributed by atoms with E-state index in [2.05, 4.69) is 16.2 Å². The average Bonchev–Trinajstić information content (AvgIpc) is 3.35. The second-order valence-electron chi connectivity index (χ2n) is 5.58. The number of carbonyl (C=O) groups is 1. The van der Waals surface area contributed by atoms with Gasteiger partial charge in [0.15, 0.2) is 18.0 Å². The maximum absolute atomic E-state index is 11.0. The standard InChI is InChI=1S/C19H11N3O5/c20-9-13-7-11(16-5-6-21-27-16)2-4-15(13)25-10-18-22-14-3-1-12(19(23)24)8-17(14)26-18/h1-8H,10H2,(H,23,24). The van der Waals surface area contributed by atoms with Gasteiger partial charge < -0.3 is 18.8 Å². The van der Waals surface area contributed by atoms with E-state index in [-0.39, 0.29) is 18.1 Å². The molecule has 1 N–H and O–H groups in total. The molecule has 0 bridgehead atoms. The molecule has 0 aliphatic rings. The number of ether oxygens (including phenoxy) is 1. The molecule has 4 rings (SSSR count). The molecule has 0 spiro atoms. The zero-order valence-electron chi connectivity index (χ0n) is 13.7. The number of benzene rings is 2. The van der Waals surface area contributed by atoms with Crippen molar-refractivity contribution < 1.29 is 23.6 Å². The Morgan fingerprint density at radius 1 is 1.22 bits per heavy atom. The van der Waals surface area contributed by atoms with Crippen molar-refractivity contribution in [1.29, 1.82) is 5.26 Å². The van der Waals surface area contributed by atoms with Crippen LogP contribution in [0.3, 0.4) is 0 Å². The Kier molecular flexibility index (Phi) is 4.03. The summed E-state index contributed by atoms with van der Waals surface area (Å²) in [5.41, 5.74) is 2.03. The summed E-state index contributed by atoms with van der Waals surface area (Å²) in [6, 6.07) is 13.2. The fraction of sp³-hybridized carbons (Fsp3) is 0.0526. The molecule has 0 fully saturated rings. The van der Waals surface area contributed by atoms with Crippen molar-refractivity contribution in [2.75, 3.05) is 0 Å². The number of aromatic carboxylic acids is 1. The van der Waals surface area contributed by atoms with Gasteiger partial charge in [0.2, 0.25) is 5.89 Å². The normalized spacial score (nSPS) is 10.6. The number of oxazole rings is 1. The molecular formula is C19H11N3O5. The third-order valence-electron chi connectivity index (χ3n) is 3.85.